The van der Waals surface area contributed by atoms with Gasteiger partial charge in [0.15, 0.2) is 0 Å². The highest BCUT2D eigenvalue weighted by Crippen LogP contribution is 2.20. The molecule has 2 N–H and O–H groups in total. The fourth-order valence-electron chi connectivity index (χ4n) is 2.32. The van der Waals surface area contributed by atoms with Crippen molar-refractivity contribution >= 4 is 44.0 Å². The van der Waals surface area contributed by atoms with Gasteiger partial charge in [-0.2, -0.15) is 0 Å². The van der Waals surface area contributed by atoms with Gasteiger partial charge in [-0.05, 0) is 42.0 Å². The number of nitrogens with zero attached hydrogens (tertiary/aromatic N) is 1. The first-order valence-corrected chi connectivity index (χ1v) is 7.47. The third-order valence-electron chi connectivity index (χ3n) is 3.30. The molecule has 3 rings (SSSR count). The van der Waals surface area contributed by atoms with Crippen LogP contribution in [0, 0.1) is 0 Å². The summed E-state index contributed by atoms with van der Waals surface area (Å²) in [6, 6.07) is 16.5. The van der Waals surface area contributed by atoms with E-state index in [2.05, 4.69) is 57.0 Å². The molecule has 100 valence electrons. The van der Waals surface area contributed by atoms with Gasteiger partial charge < -0.3 is 10.3 Å². The Kier molecular flexibility index (Phi) is 3.59. The number of hydrogen-bond acceptors (Lipinski definition) is 1. The van der Waals surface area contributed by atoms with E-state index in [4.69, 9.17) is 18.0 Å². The Balaban J connectivity index is 1.98. The number of benzene rings is 2. The average molecular weight is 345 g/mol. The van der Waals surface area contributed by atoms with Crippen LogP contribution in [0.1, 0.15) is 11.1 Å². The molecule has 0 spiro atoms. The van der Waals surface area contributed by atoms with Crippen molar-refractivity contribution in [2.75, 3.05) is 0 Å². The highest BCUT2D eigenvalue weighted by Gasteiger charge is 2.04. The molecule has 0 amide bonds. The van der Waals surface area contributed by atoms with E-state index in [1.807, 2.05) is 18.2 Å². The molecule has 0 bridgehead atoms. The number of rotatable bonds is 3. The van der Waals surface area contributed by atoms with Crippen LogP contribution in [0.3, 0.4) is 0 Å². The molecule has 1 heterocycles. The summed E-state index contributed by atoms with van der Waals surface area (Å²) in [6.07, 6.45) is 2.09. The maximum atomic E-state index is 5.67. The normalized spacial score (nSPS) is 10.8. The van der Waals surface area contributed by atoms with Crippen molar-refractivity contribution in [2.24, 2.45) is 5.73 Å². The minimum Gasteiger partial charge on any atom is -0.389 e. The maximum absolute atomic E-state index is 5.67. The van der Waals surface area contributed by atoms with Gasteiger partial charge in [0, 0.05) is 33.7 Å². The van der Waals surface area contributed by atoms with E-state index in [1.54, 1.807) is 0 Å². The molecule has 0 radical (unpaired) electrons. The molecule has 2 aromatic carbocycles. The number of nitrogens with two attached hydrogens (primary N) is 1. The second kappa shape index (κ2) is 5.38. The topological polar surface area (TPSA) is 30.9 Å². The monoisotopic (exact) mass is 344 g/mol. The molecule has 0 atom stereocenters. The minimum atomic E-state index is 0.437. The van der Waals surface area contributed by atoms with Crippen molar-refractivity contribution in [3.63, 3.8) is 0 Å². The van der Waals surface area contributed by atoms with Crippen molar-refractivity contribution in [3.05, 3.63) is 70.3 Å². The Labute approximate surface area is 131 Å². The summed E-state index contributed by atoms with van der Waals surface area (Å²) in [5.74, 6) is 0. The van der Waals surface area contributed by atoms with E-state index in [1.165, 1.54) is 11.1 Å². The molecule has 3 aromatic rings. The molecule has 1 aromatic heterocycles. The largest absolute Gasteiger partial charge is 0.389 e. The van der Waals surface area contributed by atoms with E-state index >= 15 is 0 Å². The van der Waals surface area contributed by atoms with Gasteiger partial charge in [-0.1, -0.05) is 40.3 Å². The lowest BCUT2D eigenvalue weighted by Gasteiger charge is -2.07. The van der Waals surface area contributed by atoms with Crippen LogP contribution in [-0.2, 0) is 6.54 Å². The summed E-state index contributed by atoms with van der Waals surface area (Å²) in [5.41, 5.74) is 9.03. The second-order valence-electron chi connectivity index (χ2n) is 4.71. The molecule has 0 aliphatic heterocycles. The van der Waals surface area contributed by atoms with Crippen molar-refractivity contribution in [3.8, 4) is 0 Å². The minimum absolute atomic E-state index is 0.437. The quantitative estimate of drug-likeness (QED) is 0.725. The number of fused-ring (bicyclic) bond motifs is 1. The summed E-state index contributed by atoms with van der Waals surface area (Å²) >= 11 is 8.52. The van der Waals surface area contributed by atoms with Crippen molar-refractivity contribution in [1.29, 1.82) is 0 Å². The van der Waals surface area contributed by atoms with Gasteiger partial charge in [0.05, 0.1) is 0 Å². The first-order chi connectivity index (χ1) is 9.63. The highest BCUT2D eigenvalue weighted by molar-refractivity contribution is 9.10. The fourth-order valence-corrected chi connectivity index (χ4v) is 2.90. The smallest absolute Gasteiger partial charge is 0.104 e. The van der Waals surface area contributed by atoms with E-state index in [-0.39, 0.29) is 0 Å². The molecule has 20 heavy (non-hydrogen) atoms. The molecule has 4 heteroatoms. The van der Waals surface area contributed by atoms with E-state index in [0.29, 0.717) is 4.99 Å². The maximum Gasteiger partial charge on any atom is 0.104 e. The van der Waals surface area contributed by atoms with E-state index < -0.39 is 0 Å². The van der Waals surface area contributed by atoms with Crippen LogP contribution in [0.4, 0.5) is 0 Å². The summed E-state index contributed by atoms with van der Waals surface area (Å²) in [4.78, 5) is 0.437. The van der Waals surface area contributed by atoms with Gasteiger partial charge in [0.1, 0.15) is 4.99 Å². The predicted molar refractivity (Wildman–Crippen MR) is 91.1 cm³/mol. The van der Waals surface area contributed by atoms with Crippen molar-refractivity contribution < 1.29 is 0 Å². The zero-order valence-corrected chi connectivity index (χ0v) is 13.1. The van der Waals surface area contributed by atoms with Crippen LogP contribution in [0.2, 0.25) is 0 Å². The van der Waals surface area contributed by atoms with Gasteiger partial charge in [0.2, 0.25) is 0 Å². The Bertz CT molecular complexity index is 792. The van der Waals surface area contributed by atoms with Crippen LogP contribution in [0.25, 0.3) is 10.9 Å². The predicted octanol–water partition coefficient (Wildman–Crippen LogP) is 4.09. The molecule has 0 aliphatic carbocycles. The first-order valence-electron chi connectivity index (χ1n) is 6.26. The number of hydrogen-bond donors (Lipinski definition) is 1. The zero-order chi connectivity index (χ0) is 14.1. The summed E-state index contributed by atoms with van der Waals surface area (Å²) < 4.78 is 3.32. The second-order valence-corrected chi connectivity index (χ2v) is 6.07. The van der Waals surface area contributed by atoms with Crippen LogP contribution in [0.5, 0.6) is 0 Å². The van der Waals surface area contributed by atoms with Gasteiger partial charge in [-0.15, -0.1) is 0 Å². The van der Waals surface area contributed by atoms with Gasteiger partial charge in [-0.25, -0.2) is 0 Å². The third kappa shape index (κ3) is 2.62. The summed E-state index contributed by atoms with van der Waals surface area (Å²) in [7, 11) is 0. The van der Waals surface area contributed by atoms with Gasteiger partial charge in [-0.3, -0.25) is 0 Å². The van der Waals surface area contributed by atoms with Crippen LogP contribution in [0.15, 0.2) is 59.2 Å². The number of halogens is 1. The van der Waals surface area contributed by atoms with Crippen LogP contribution in [-0.4, -0.2) is 9.56 Å². The Morgan fingerprint density at radius 2 is 2.00 bits per heavy atom. The Morgan fingerprint density at radius 1 is 1.15 bits per heavy atom. The Hall–Kier alpha value is -1.65. The molecular formula is C16H13BrN2S. The lowest BCUT2D eigenvalue weighted by Crippen LogP contribution is -2.08. The highest BCUT2D eigenvalue weighted by atomic mass is 79.9. The first kappa shape index (κ1) is 13.3. The zero-order valence-electron chi connectivity index (χ0n) is 10.7. The van der Waals surface area contributed by atoms with Crippen LogP contribution >= 0.6 is 28.1 Å². The van der Waals surface area contributed by atoms with E-state index in [9.17, 15) is 0 Å². The molecule has 0 unspecified atom stereocenters. The standard InChI is InChI=1S/C16H13BrN2S/c17-14-3-1-2-11(8-14)10-19-7-6-12-9-13(16(18)20)4-5-15(12)19/h1-9H,10H2,(H2,18,20). The SMILES string of the molecule is NC(=S)c1ccc2c(ccn2Cc2cccc(Br)c2)c1. The summed E-state index contributed by atoms with van der Waals surface area (Å²) in [5, 5.41) is 1.16. The lowest BCUT2D eigenvalue weighted by molar-refractivity contribution is 0.836. The van der Waals surface area contributed by atoms with E-state index in [0.717, 1.165) is 22.0 Å². The molecule has 0 saturated heterocycles. The molecular weight excluding hydrogens is 332 g/mol. The fraction of sp³-hybridized carbons (Fsp3) is 0.0625. The Morgan fingerprint density at radius 3 is 2.75 bits per heavy atom. The molecule has 0 saturated carbocycles. The number of aromatic nitrogens is 1. The van der Waals surface area contributed by atoms with Gasteiger partial charge >= 0.3 is 0 Å². The third-order valence-corrected chi connectivity index (χ3v) is 4.03. The molecule has 0 fully saturated rings. The van der Waals surface area contributed by atoms with Crippen LogP contribution < -0.4 is 5.73 Å². The number of thiocarbonyl (C=S) groups is 1. The van der Waals surface area contributed by atoms with Gasteiger partial charge in [0.25, 0.3) is 0 Å². The average Bonchev–Trinajstić information content (AvgIpc) is 2.81. The molecule has 0 aliphatic rings. The molecule has 2 nitrogen and oxygen atoms in total. The van der Waals surface area contributed by atoms with Crippen molar-refractivity contribution in [2.45, 2.75) is 6.54 Å². The van der Waals surface area contributed by atoms with Crippen molar-refractivity contribution in [1.82, 2.24) is 4.57 Å². The summed E-state index contributed by atoms with van der Waals surface area (Å²) in [6.45, 7) is 0.843. The lowest BCUT2D eigenvalue weighted by atomic mass is 10.1.